The molecule has 0 bridgehead atoms. The van der Waals surface area contributed by atoms with Gasteiger partial charge in [-0.25, -0.2) is 9.97 Å². The highest BCUT2D eigenvalue weighted by Crippen LogP contribution is 2.33. The Kier molecular flexibility index (Phi) is 6.10. The van der Waals surface area contributed by atoms with E-state index in [2.05, 4.69) is 21.9 Å². The van der Waals surface area contributed by atoms with Gasteiger partial charge in [0, 0.05) is 25.0 Å². The number of nitrogens with two attached hydrogens (primary N) is 1. The maximum Gasteiger partial charge on any atom is 0.308 e. The van der Waals surface area contributed by atoms with Crippen LogP contribution in [0.15, 0.2) is 60.6 Å². The van der Waals surface area contributed by atoms with E-state index in [1.54, 1.807) is 12.3 Å². The summed E-state index contributed by atoms with van der Waals surface area (Å²) >= 11 is 1.52. The molecule has 28 heavy (non-hydrogen) atoms. The van der Waals surface area contributed by atoms with Gasteiger partial charge in [0.2, 0.25) is 0 Å². The summed E-state index contributed by atoms with van der Waals surface area (Å²) in [5.74, 6) is -0.383. The maximum atomic E-state index is 11.2. The smallest absolute Gasteiger partial charge is 0.308 e. The summed E-state index contributed by atoms with van der Waals surface area (Å²) in [7, 11) is 0. The van der Waals surface area contributed by atoms with Crippen molar-refractivity contribution in [3.8, 4) is 10.6 Å². The minimum Gasteiger partial charge on any atom is -0.481 e. The van der Waals surface area contributed by atoms with Crippen molar-refractivity contribution in [1.29, 1.82) is 0 Å². The number of pyridine rings is 1. The van der Waals surface area contributed by atoms with Crippen molar-refractivity contribution in [3.05, 3.63) is 60.6 Å². The Balaban J connectivity index is 1.71. The van der Waals surface area contributed by atoms with Crippen LogP contribution in [0.25, 0.3) is 10.6 Å². The zero-order valence-electron chi connectivity index (χ0n) is 15.6. The van der Waals surface area contributed by atoms with Crippen molar-refractivity contribution in [3.63, 3.8) is 0 Å². The molecule has 8 heteroatoms. The summed E-state index contributed by atoms with van der Waals surface area (Å²) in [6, 6.07) is 5.72. The predicted molar refractivity (Wildman–Crippen MR) is 113 cm³/mol. The number of allylic oxidation sites excluding steroid dienone is 3. The van der Waals surface area contributed by atoms with E-state index < -0.39 is 5.97 Å². The van der Waals surface area contributed by atoms with Gasteiger partial charge >= 0.3 is 5.97 Å². The van der Waals surface area contributed by atoms with Gasteiger partial charge in [-0.3, -0.25) is 4.79 Å². The van der Waals surface area contributed by atoms with Gasteiger partial charge in [0.05, 0.1) is 16.5 Å². The third-order valence-corrected chi connectivity index (χ3v) is 5.43. The first-order valence-electron chi connectivity index (χ1n) is 8.90. The number of hydrogen-bond acceptors (Lipinski definition) is 7. The van der Waals surface area contributed by atoms with E-state index in [0.717, 1.165) is 21.3 Å². The van der Waals surface area contributed by atoms with Crippen LogP contribution >= 0.6 is 11.3 Å². The molecular weight excluding hydrogens is 374 g/mol. The molecule has 7 nitrogen and oxygen atoms in total. The van der Waals surface area contributed by atoms with Gasteiger partial charge in [-0.15, -0.1) is 0 Å². The lowest BCUT2D eigenvalue weighted by molar-refractivity contribution is -0.140. The quantitative estimate of drug-likeness (QED) is 0.615. The van der Waals surface area contributed by atoms with Crippen molar-refractivity contribution >= 4 is 28.3 Å². The molecule has 146 valence electrons. The standard InChI is InChI=1S/C20H23N5O2S/c1-13(6-8-21)10-14(2)23-18-5-3-4-16(24-18)17-11-22-20(28-17)25-9-7-15(12-25)19(26)27/h3-6,8,10-11,15H,2,7,9,12,21H2,1H3,(H,23,24)(H,26,27)/b8-6-,13-10-. The molecule has 0 aliphatic carbocycles. The van der Waals surface area contributed by atoms with Crippen LogP contribution in [-0.4, -0.2) is 34.1 Å². The Morgan fingerprint density at radius 1 is 1.50 bits per heavy atom. The van der Waals surface area contributed by atoms with Crippen molar-refractivity contribution in [2.75, 3.05) is 23.3 Å². The molecule has 0 spiro atoms. The molecule has 1 saturated heterocycles. The minimum atomic E-state index is -0.744. The molecule has 2 aromatic heterocycles. The van der Waals surface area contributed by atoms with Gasteiger partial charge in [-0.05, 0) is 49.4 Å². The average molecular weight is 398 g/mol. The summed E-state index contributed by atoms with van der Waals surface area (Å²) in [6.45, 7) is 7.13. The number of nitrogens with one attached hydrogen (secondary N) is 1. The summed E-state index contributed by atoms with van der Waals surface area (Å²) in [5.41, 5.74) is 7.88. The molecule has 0 amide bonds. The fourth-order valence-electron chi connectivity index (χ4n) is 2.98. The lowest BCUT2D eigenvalue weighted by Gasteiger charge is -2.13. The van der Waals surface area contributed by atoms with E-state index in [4.69, 9.17) is 10.8 Å². The normalized spacial score (nSPS) is 17.2. The van der Waals surface area contributed by atoms with Crippen LogP contribution in [0.4, 0.5) is 10.9 Å². The fourth-order valence-corrected chi connectivity index (χ4v) is 3.90. The van der Waals surface area contributed by atoms with E-state index in [-0.39, 0.29) is 5.92 Å². The van der Waals surface area contributed by atoms with Crippen LogP contribution < -0.4 is 16.0 Å². The van der Waals surface area contributed by atoms with Crippen LogP contribution in [0.2, 0.25) is 0 Å². The van der Waals surface area contributed by atoms with Gasteiger partial charge in [-0.1, -0.05) is 24.0 Å². The molecule has 2 aromatic rings. The van der Waals surface area contributed by atoms with Crippen LogP contribution in [0.5, 0.6) is 0 Å². The van der Waals surface area contributed by atoms with Crippen LogP contribution in [0, 0.1) is 5.92 Å². The molecule has 4 N–H and O–H groups in total. The number of aliphatic carboxylic acids is 1. The second kappa shape index (κ2) is 8.71. The van der Waals surface area contributed by atoms with E-state index >= 15 is 0 Å². The highest BCUT2D eigenvalue weighted by Gasteiger charge is 2.29. The van der Waals surface area contributed by atoms with Gasteiger partial charge in [0.15, 0.2) is 5.13 Å². The van der Waals surface area contributed by atoms with Crippen LogP contribution in [0.1, 0.15) is 13.3 Å². The number of carbonyl (C=O) groups is 1. The van der Waals surface area contributed by atoms with Crippen LogP contribution in [-0.2, 0) is 4.79 Å². The molecule has 1 aliphatic heterocycles. The first kappa shape index (κ1) is 19.6. The topological polar surface area (TPSA) is 104 Å². The third kappa shape index (κ3) is 4.77. The first-order valence-corrected chi connectivity index (χ1v) is 9.71. The molecular formula is C20H23N5O2S. The number of thiazole rings is 1. The monoisotopic (exact) mass is 397 g/mol. The molecule has 0 radical (unpaired) electrons. The van der Waals surface area contributed by atoms with Crippen molar-refractivity contribution in [2.24, 2.45) is 11.7 Å². The third-order valence-electron chi connectivity index (χ3n) is 4.35. The summed E-state index contributed by atoms with van der Waals surface area (Å²) in [6.07, 6.45) is 7.59. The zero-order valence-corrected chi connectivity index (χ0v) is 16.4. The number of nitrogens with zero attached hydrogens (tertiary/aromatic N) is 3. The highest BCUT2D eigenvalue weighted by molar-refractivity contribution is 7.18. The van der Waals surface area contributed by atoms with Gasteiger partial charge in [0.25, 0.3) is 0 Å². The SMILES string of the molecule is C=C(/C=C(C)\C=C/N)Nc1cccc(-c2cnc(N3CCC(C(=O)O)C3)s2)n1. The zero-order chi connectivity index (χ0) is 20.1. The number of anilines is 2. The molecule has 1 fully saturated rings. The minimum absolute atomic E-state index is 0.324. The Morgan fingerprint density at radius 3 is 3.04 bits per heavy atom. The second-order valence-corrected chi connectivity index (χ2v) is 7.59. The molecule has 1 atom stereocenters. The van der Waals surface area contributed by atoms with Crippen molar-refractivity contribution in [2.45, 2.75) is 13.3 Å². The fraction of sp³-hybridized carbons (Fsp3) is 0.250. The highest BCUT2D eigenvalue weighted by atomic mass is 32.1. The van der Waals surface area contributed by atoms with E-state index in [1.807, 2.05) is 36.1 Å². The number of rotatable bonds is 7. The number of hydrogen-bond donors (Lipinski definition) is 3. The molecule has 0 saturated carbocycles. The molecule has 1 aliphatic rings. The molecule has 3 rings (SSSR count). The summed E-state index contributed by atoms with van der Waals surface area (Å²) in [4.78, 5) is 23.2. The van der Waals surface area contributed by atoms with E-state index in [1.165, 1.54) is 17.5 Å². The van der Waals surface area contributed by atoms with Gasteiger partial charge in [-0.2, -0.15) is 0 Å². The largest absolute Gasteiger partial charge is 0.481 e. The average Bonchev–Trinajstić information content (AvgIpc) is 3.31. The van der Waals surface area contributed by atoms with Gasteiger partial charge in [0.1, 0.15) is 5.82 Å². The number of carboxylic acids is 1. The number of carboxylic acid groups (broad SMARTS) is 1. The van der Waals surface area contributed by atoms with Crippen LogP contribution in [0.3, 0.4) is 0 Å². The Morgan fingerprint density at radius 2 is 2.32 bits per heavy atom. The lowest BCUT2D eigenvalue weighted by atomic mass is 10.1. The molecule has 0 aromatic carbocycles. The van der Waals surface area contributed by atoms with Gasteiger partial charge < -0.3 is 21.1 Å². The Bertz CT molecular complexity index is 934. The predicted octanol–water partition coefficient (Wildman–Crippen LogP) is 3.46. The summed E-state index contributed by atoms with van der Waals surface area (Å²) in [5, 5.41) is 13.2. The Labute approximate surface area is 167 Å². The Hall–Kier alpha value is -3.13. The lowest BCUT2D eigenvalue weighted by Crippen LogP contribution is -2.22. The van der Waals surface area contributed by atoms with E-state index in [9.17, 15) is 4.79 Å². The summed E-state index contributed by atoms with van der Waals surface area (Å²) < 4.78 is 0. The van der Waals surface area contributed by atoms with Crippen molar-refractivity contribution in [1.82, 2.24) is 9.97 Å². The van der Waals surface area contributed by atoms with Crippen molar-refractivity contribution < 1.29 is 9.90 Å². The molecule has 3 heterocycles. The molecule has 1 unspecified atom stereocenters. The second-order valence-electron chi connectivity index (χ2n) is 6.58. The van der Waals surface area contributed by atoms with E-state index in [0.29, 0.717) is 31.0 Å². The maximum absolute atomic E-state index is 11.2. The number of aromatic nitrogens is 2. The first-order chi connectivity index (χ1) is 13.5.